The van der Waals surface area contributed by atoms with Crippen molar-refractivity contribution in [1.82, 2.24) is 20.4 Å². The zero-order chi connectivity index (χ0) is 16.2. The Morgan fingerprint density at radius 1 is 1.43 bits per heavy atom. The molecule has 1 aliphatic heterocycles. The number of nitrogens with one attached hydrogen (secondary N) is 1. The van der Waals surface area contributed by atoms with Crippen LogP contribution in [0, 0.1) is 6.92 Å². The molecule has 1 aromatic heterocycles. The Balaban J connectivity index is 1.50. The highest BCUT2D eigenvalue weighted by Gasteiger charge is 2.34. The molecule has 2 atom stereocenters. The van der Waals surface area contributed by atoms with E-state index in [2.05, 4.69) is 20.4 Å². The molecule has 7 nitrogen and oxygen atoms in total. The first-order valence-electron chi connectivity index (χ1n) is 7.59. The smallest absolute Gasteiger partial charge is 0.258 e. The molecule has 0 aliphatic carbocycles. The van der Waals surface area contributed by atoms with Crippen LogP contribution in [-0.2, 0) is 4.79 Å². The molecule has 1 aromatic carbocycles. The van der Waals surface area contributed by atoms with Crippen LogP contribution >= 0.6 is 0 Å². The third-order valence-electron chi connectivity index (χ3n) is 3.85. The van der Waals surface area contributed by atoms with Gasteiger partial charge in [-0.3, -0.25) is 9.69 Å². The number of likely N-dealkylation sites (tertiary alicyclic amines) is 1. The number of amides is 1. The first kappa shape index (κ1) is 15.5. The summed E-state index contributed by atoms with van der Waals surface area (Å²) in [6.07, 6.45) is 0.745. The number of carbonyl (C=O) groups excluding carboxylic acids is 1. The molecule has 23 heavy (non-hydrogen) atoms. The average molecular weight is 316 g/mol. The van der Waals surface area contributed by atoms with E-state index in [1.165, 1.54) is 0 Å². The van der Waals surface area contributed by atoms with Crippen molar-refractivity contribution in [2.24, 2.45) is 0 Å². The molecule has 3 rings (SSSR count). The Morgan fingerprint density at radius 2 is 2.22 bits per heavy atom. The molecule has 1 N–H and O–H groups in total. The standard InChI is InChI=1S/C16H20N4O3/c1-11-17-16(23-19-11)14-8-12(9-20(14)2)18-15(21)10-22-13-6-4-3-5-7-13/h3-7,12,14H,8-10H2,1-2H3,(H,18,21). The second kappa shape index (κ2) is 6.78. The van der Waals surface area contributed by atoms with Crippen LogP contribution in [0.3, 0.4) is 0 Å². The number of para-hydroxylation sites is 1. The van der Waals surface area contributed by atoms with Gasteiger partial charge in [0.05, 0.1) is 6.04 Å². The number of aryl methyl sites for hydroxylation is 1. The maximum Gasteiger partial charge on any atom is 0.258 e. The Labute approximate surface area is 134 Å². The van der Waals surface area contributed by atoms with Gasteiger partial charge in [-0.1, -0.05) is 23.4 Å². The first-order valence-corrected chi connectivity index (χ1v) is 7.59. The van der Waals surface area contributed by atoms with Crippen molar-refractivity contribution in [2.75, 3.05) is 20.2 Å². The predicted molar refractivity (Wildman–Crippen MR) is 82.9 cm³/mol. The van der Waals surface area contributed by atoms with Gasteiger partial charge in [0, 0.05) is 12.6 Å². The van der Waals surface area contributed by atoms with E-state index in [0.29, 0.717) is 17.5 Å². The number of likely N-dealkylation sites (N-methyl/N-ethyl adjacent to an activating group) is 1. The lowest BCUT2D eigenvalue weighted by Gasteiger charge is -2.14. The molecule has 1 saturated heterocycles. The number of benzene rings is 1. The lowest BCUT2D eigenvalue weighted by Crippen LogP contribution is -2.39. The van der Waals surface area contributed by atoms with Crippen LogP contribution in [0.4, 0.5) is 0 Å². The summed E-state index contributed by atoms with van der Waals surface area (Å²) in [5.41, 5.74) is 0. The fraction of sp³-hybridized carbons (Fsp3) is 0.438. The normalized spacial score (nSPS) is 21.3. The van der Waals surface area contributed by atoms with Crippen LogP contribution in [0.15, 0.2) is 34.9 Å². The van der Waals surface area contributed by atoms with Gasteiger partial charge in [0.2, 0.25) is 5.89 Å². The minimum Gasteiger partial charge on any atom is -0.484 e. The molecule has 2 unspecified atom stereocenters. The van der Waals surface area contributed by atoms with Crippen molar-refractivity contribution < 1.29 is 14.1 Å². The van der Waals surface area contributed by atoms with Gasteiger partial charge < -0.3 is 14.6 Å². The topological polar surface area (TPSA) is 80.5 Å². The number of carbonyl (C=O) groups is 1. The van der Waals surface area contributed by atoms with Gasteiger partial charge in [0.1, 0.15) is 5.75 Å². The van der Waals surface area contributed by atoms with Gasteiger partial charge in [0.25, 0.3) is 5.91 Å². The summed E-state index contributed by atoms with van der Waals surface area (Å²) in [5.74, 6) is 1.78. The molecular formula is C16H20N4O3. The van der Waals surface area contributed by atoms with Crippen molar-refractivity contribution in [2.45, 2.75) is 25.4 Å². The molecule has 7 heteroatoms. The minimum absolute atomic E-state index is 0.00849. The molecule has 1 fully saturated rings. The first-order chi connectivity index (χ1) is 11.1. The quantitative estimate of drug-likeness (QED) is 0.896. The summed E-state index contributed by atoms with van der Waals surface area (Å²) in [6, 6.07) is 9.38. The van der Waals surface area contributed by atoms with E-state index in [1.54, 1.807) is 6.92 Å². The van der Waals surface area contributed by atoms with Gasteiger partial charge in [-0.2, -0.15) is 4.98 Å². The molecule has 1 amide bonds. The summed E-state index contributed by atoms with van der Waals surface area (Å²) in [6.45, 7) is 2.54. The van der Waals surface area contributed by atoms with Crippen molar-refractivity contribution in [1.29, 1.82) is 0 Å². The summed E-state index contributed by atoms with van der Waals surface area (Å²) >= 11 is 0. The monoisotopic (exact) mass is 316 g/mol. The third kappa shape index (κ3) is 3.87. The summed E-state index contributed by atoms with van der Waals surface area (Å²) in [5, 5.41) is 6.82. The molecular weight excluding hydrogens is 296 g/mol. The van der Waals surface area contributed by atoms with Gasteiger partial charge in [-0.25, -0.2) is 0 Å². The van der Waals surface area contributed by atoms with Crippen LogP contribution in [0.5, 0.6) is 5.75 Å². The second-order valence-electron chi connectivity index (χ2n) is 5.74. The van der Waals surface area contributed by atoms with Crippen LogP contribution in [-0.4, -0.2) is 47.2 Å². The highest BCUT2D eigenvalue weighted by Crippen LogP contribution is 2.29. The Morgan fingerprint density at radius 3 is 2.91 bits per heavy atom. The van der Waals surface area contributed by atoms with Gasteiger partial charge in [0.15, 0.2) is 12.4 Å². The van der Waals surface area contributed by atoms with E-state index in [9.17, 15) is 4.79 Å². The van der Waals surface area contributed by atoms with Crippen molar-refractivity contribution in [3.8, 4) is 5.75 Å². The van der Waals surface area contributed by atoms with E-state index in [4.69, 9.17) is 9.26 Å². The van der Waals surface area contributed by atoms with Crippen LogP contribution in [0.25, 0.3) is 0 Å². The number of hydrogen-bond donors (Lipinski definition) is 1. The van der Waals surface area contributed by atoms with Crippen LogP contribution in [0.2, 0.25) is 0 Å². The molecule has 2 heterocycles. The summed E-state index contributed by atoms with van der Waals surface area (Å²) in [4.78, 5) is 18.4. The fourth-order valence-corrected chi connectivity index (χ4v) is 2.78. The van der Waals surface area contributed by atoms with E-state index in [1.807, 2.05) is 37.4 Å². The fourth-order valence-electron chi connectivity index (χ4n) is 2.78. The van der Waals surface area contributed by atoms with Gasteiger partial charge >= 0.3 is 0 Å². The number of ether oxygens (including phenoxy) is 1. The largest absolute Gasteiger partial charge is 0.484 e. The molecule has 1 aliphatic rings. The van der Waals surface area contributed by atoms with E-state index in [-0.39, 0.29) is 24.6 Å². The van der Waals surface area contributed by atoms with Gasteiger partial charge in [-0.05, 0) is 32.5 Å². The zero-order valence-electron chi connectivity index (χ0n) is 13.2. The maximum absolute atomic E-state index is 12.0. The summed E-state index contributed by atoms with van der Waals surface area (Å²) in [7, 11) is 1.98. The molecule has 0 saturated carbocycles. The highest BCUT2D eigenvalue weighted by atomic mass is 16.5. The summed E-state index contributed by atoms with van der Waals surface area (Å²) < 4.78 is 10.7. The SMILES string of the molecule is Cc1noc(C2CC(NC(=O)COc3ccccc3)CN2C)n1. The number of hydrogen-bond acceptors (Lipinski definition) is 6. The lowest BCUT2D eigenvalue weighted by atomic mass is 10.1. The van der Waals surface area contributed by atoms with Crippen LogP contribution in [0.1, 0.15) is 24.2 Å². The zero-order valence-corrected chi connectivity index (χ0v) is 13.2. The van der Waals surface area contributed by atoms with Crippen LogP contribution < -0.4 is 10.1 Å². The lowest BCUT2D eigenvalue weighted by molar-refractivity contribution is -0.123. The molecule has 0 spiro atoms. The van der Waals surface area contributed by atoms with Crippen molar-refractivity contribution in [3.05, 3.63) is 42.0 Å². The van der Waals surface area contributed by atoms with Crippen molar-refractivity contribution >= 4 is 5.91 Å². The third-order valence-corrected chi connectivity index (χ3v) is 3.85. The minimum atomic E-state index is -0.130. The van der Waals surface area contributed by atoms with E-state index in [0.717, 1.165) is 13.0 Å². The van der Waals surface area contributed by atoms with E-state index < -0.39 is 0 Å². The number of nitrogens with zero attached hydrogens (tertiary/aromatic N) is 3. The van der Waals surface area contributed by atoms with E-state index >= 15 is 0 Å². The molecule has 0 bridgehead atoms. The Bertz CT molecular complexity index is 658. The predicted octanol–water partition coefficient (Wildman–Crippen LogP) is 1.32. The molecule has 0 radical (unpaired) electrons. The highest BCUT2D eigenvalue weighted by molar-refractivity contribution is 5.77. The number of rotatable bonds is 5. The molecule has 2 aromatic rings. The Hall–Kier alpha value is -2.41. The number of aromatic nitrogens is 2. The average Bonchev–Trinajstić information content (AvgIpc) is 3.12. The second-order valence-corrected chi connectivity index (χ2v) is 5.74. The van der Waals surface area contributed by atoms with Crippen molar-refractivity contribution in [3.63, 3.8) is 0 Å². The molecule has 122 valence electrons. The maximum atomic E-state index is 12.0. The van der Waals surface area contributed by atoms with Gasteiger partial charge in [-0.15, -0.1) is 0 Å². The Kier molecular flexibility index (Phi) is 4.57.